The number of rotatable bonds is 10. The van der Waals surface area contributed by atoms with E-state index in [0.717, 1.165) is 23.4 Å². The summed E-state index contributed by atoms with van der Waals surface area (Å²) < 4.78 is 12.0. The van der Waals surface area contributed by atoms with Crippen molar-refractivity contribution in [2.75, 3.05) is 32.9 Å². The van der Waals surface area contributed by atoms with Gasteiger partial charge in [-0.2, -0.15) is 0 Å². The summed E-state index contributed by atoms with van der Waals surface area (Å²) in [5.74, 6) is 0.794. The van der Waals surface area contributed by atoms with Crippen molar-refractivity contribution < 1.29 is 14.8 Å². The Bertz CT molecular complexity index is 363. The molecule has 0 bridgehead atoms. The number of ether oxygens (including phenoxy) is 2. The van der Waals surface area contributed by atoms with Crippen molar-refractivity contribution in [1.82, 2.24) is 0 Å². The van der Waals surface area contributed by atoms with Crippen molar-refractivity contribution in [3.05, 3.63) is 27.7 Å². The first-order valence-corrected chi connectivity index (χ1v) is 7.88. The molecule has 0 saturated carbocycles. The van der Waals surface area contributed by atoms with Crippen LogP contribution in [0.15, 0.2) is 22.7 Å². The Morgan fingerprint density at radius 1 is 1.21 bits per heavy atom. The molecule has 108 valence electrons. The molecule has 0 unspecified atom stereocenters. The SMILES string of the molecule is CCCC[NH2+]CCOCCOc1ccc(Cl)cc1Br. The highest BCUT2D eigenvalue weighted by Gasteiger charge is 2.01. The van der Waals surface area contributed by atoms with Gasteiger partial charge in [0.1, 0.15) is 12.4 Å². The van der Waals surface area contributed by atoms with Gasteiger partial charge in [0, 0.05) is 5.02 Å². The van der Waals surface area contributed by atoms with Gasteiger partial charge in [-0.25, -0.2) is 0 Å². The van der Waals surface area contributed by atoms with Crippen LogP contribution >= 0.6 is 27.5 Å². The molecule has 0 fully saturated rings. The maximum absolute atomic E-state index is 5.86. The van der Waals surface area contributed by atoms with E-state index < -0.39 is 0 Å². The molecule has 0 aromatic heterocycles. The topological polar surface area (TPSA) is 35.1 Å². The summed E-state index contributed by atoms with van der Waals surface area (Å²) in [7, 11) is 0. The van der Waals surface area contributed by atoms with Gasteiger partial charge in [0.2, 0.25) is 0 Å². The van der Waals surface area contributed by atoms with Crippen molar-refractivity contribution in [3.63, 3.8) is 0 Å². The number of quaternary nitrogens is 1. The van der Waals surface area contributed by atoms with Gasteiger partial charge in [0.25, 0.3) is 0 Å². The summed E-state index contributed by atoms with van der Waals surface area (Å²) in [5.41, 5.74) is 0. The van der Waals surface area contributed by atoms with E-state index in [9.17, 15) is 0 Å². The zero-order valence-electron chi connectivity index (χ0n) is 11.3. The lowest BCUT2D eigenvalue weighted by atomic mass is 10.3. The predicted molar refractivity (Wildman–Crippen MR) is 82.0 cm³/mol. The van der Waals surface area contributed by atoms with Gasteiger partial charge in [0.15, 0.2) is 0 Å². The van der Waals surface area contributed by atoms with Crippen molar-refractivity contribution in [2.24, 2.45) is 0 Å². The number of nitrogens with two attached hydrogens (primary N) is 1. The Kier molecular flexibility index (Phi) is 9.26. The van der Waals surface area contributed by atoms with Crippen LogP contribution in [-0.2, 0) is 4.74 Å². The minimum Gasteiger partial charge on any atom is -0.490 e. The molecule has 2 N–H and O–H groups in total. The molecule has 1 aromatic carbocycles. The third kappa shape index (κ3) is 7.78. The number of unbranched alkanes of at least 4 members (excludes halogenated alkanes) is 1. The standard InChI is InChI=1S/C14H21BrClNO2/c1-2-3-6-17-7-8-18-9-10-19-14-5-4-12(16)11-13(14)15/h4-5,11,17H,2-3,6-10H2,1H3/p+1. The maximum atomic E-state index is 5.86. The van der Waals surface area contributed by atoms with Gasteiger partial charge in [-0.05, 0) is 40.5 Å². The first kappa shape index (κ1) is 16.8. The zero-order chi connectivity index (χ0) is 13.9. The van der Waals surface area contributed by atoms with E-state index in [1.54, 1.807) is 0 Å². The Balaban J connectivity index is 2.01. The van der Waals surface area contributed by atoms with Crippen molar-refractivity contribution in [3.8, 4) is 5.75 Å². The Labute approximate surface area is 128 Å². The van der Waals surface area contributed by atoms with E-state index in [-0.39, 0.29) is 0 Å². The minimum atomic E-state index is 0.551. The van der Waals surface area contributed by atoms with Gasteiger partial charge in [-0.15, -0.1) is 0 Å². The second kappa shape index (κ2) is 10.5. The van der Waals surface area contributed by atoms with E-state index in [1.807, 2.05) is 18.2 Å². The summed E-state index contributed by atoms with van der Waals surface area (Å²) in [6, 6.07) is 5.48. The van der Waals surface area contributed by atoms with Crippen LogP contribution in [-0.4, -0.2) is 32.9 Å². The van der Waals surface area contributed by atoms with Crippen LogP contribution in [0.3, 0.4) is 0 Å². The molecule has 1 rings (SSSR count). The van der Waals surface area contributed by atoms with Crippen LogP contribution in [0.1, 0.15) is 19.8 Å². The molecular formula is C14H22BrClNO2+. The average Bonchev–Trinajstić information content (AvgIpc) is 2.39. The van der Waals surface area contributed by atoms with E-state index >= 15 is 0 Å². The predicted octanol–water partition coefficient (Wildman–Crippen LogP) is 2.86. The highest BCUT2D eigenvalue weighted by Crippen LogP contribution is 2.27. The number of halogens is 2. The largest absolute Gasteiger partial charge is 0.490 e. The first-order chi connectivity index (χ1) is 9.24. The molecule has 5 heteroatoms. The van der Waals surface area contributed by atoms with E-state index in [1.165, 1.54) is 19.4 Å². The number of hydrogen-bond acceptors (Lipinski definition) is 2. The normalized spacial score (nSPS) is 10.7. The van der Waals surface area contributed by atoms with Gasteiger partial charge in [0.05, 0.1) is 30.8 Å². The molecule has 0 aliphatic heterocycles. The second-order valence-electron chi connectivity index (χ2n) is 4.26. The van der Waals surface area contributed by atoms with E-state index in [2.05, 4.69) is 28.2 Å². The van der Waals surface area contributed by atoms with Gasteiger partial charge in [-0.1, -0.05) is 24.9 Å². The van der Waals surface area contributed by atoms with Crippen molar-refractivity contribution in [2.45, 2.75) is 19.8 Å². The fraction of sp³-hybridized carbons (Fsp3) is 0.571. The lowest BCUT2D eigenvalue weighted by Crippen LogP contribution is -2.85. The van der Waals surface area contributed by atoms with Gasteiger partial charge in [-0.3, -0.25) is 0 Å². The molecule has 0 aliphatic rings. The fourth-order valence-electron chi connectivity index (χ4n) is 1.56. The van der Waals surface area contributed by atoms with Gasteiger partial charge < -0.3 is 14.8 Å². The molecule has 3 nitrogen and oxygen atoms in total. The zero-order valence-corrected chi connectivity index (χ0v) is 13.7. The first-order valence-electron chi connectivity index (χ1n) is 6.71. The molecule has 1 aromatic rings. The third-order valence-electron chi connectivity index (χ3n) is 2.61. The molecular weight excluding hydrogens is 330 g/mol. The molecule has 0 aliphatic carbocycles. The molecule has 0 heterocycles. The maximum Gasteiger partial charge on any atom is 0.133 e. The third-order valence-corrected chi connectivity index (χ3v) is 3.46. The average molecular weight is 352 g/mol. The molecule has 0 saturated heterocycles. The van der Waals surface area contributed by atoms with E-state index in [4.69, 9.17) is 21.1 Å². The fourth-order valence-corrected chi connectivity index (χ4v) is 2.36. The van der Waals surface area contributed by atoms with E-state index in [0.29, 0.717) is 18.2 Å². The van der Waals surface area contributed by atoms with Crippen LogP contribution in [0.4, 0.5) is 0 Å². The summed E-state index contributed by atoms with van der Waals surface area (Å²) in [5, 5.41) is 2.98. The number of benzene rings is 1. The Morgan fingerprint density at radius 2 is 2.05 bits per heavy atom. The summed E-state index contributed by atoms with van der Waals surface area (Å²) in [4.78, 5) is 0. The molecule has 0 atom stereocenters. The van der Waals surface area contributed by atoms with Crippen LogP contribution < -0.4 is 10.1 Å². The Morgan fingerprint density at radius 3 is 2.79 bits per heavy atom. The quantitative estimate of drug-likeness (QED) is 0.658. The lowest BCUT2D eigenvalue weighted by molar-refractivity contribution is -0.656. The van der Waals surface area contributed by atoms with Crippen molar-refractivity contribution in [1.29, 1.82) is 0 Å². The van der Waals surface area contributed by atoms with Crippen LogP contribution in [0.25, 0.3) is 0 Å². The second-order valence-corrected chi connectivity index (χ2v) is 5.55. The lowest BCUT2D eigenvalue weighted by Gasteiger charge is -2.08. The smallest absolute Gasteiger partial charge is 0.133 e. The highest BCUT2D eigenvalue weighted by atomic mass is 79.9. The molecule has 0 radical (unpaired) electrons. The molecule has 0 spiro atoms. The molecule has 19 heavy (non-hydrogen) atoms. The van der Waals surface area contributed by atoms with Crippen LogP contribution in [0.2, 0.25) is 5.02 Å². The van der Waals surface area contributed by atoms with Crippen LogP contribution in [0.5, 0.6) is 5.75 Å². The summed E-state index contributed by atoms with van der Waals surface area (Å²) >= 11 is 9.27. The van der Waals surface area contributed by atoms with Crippen molar-refractivity contribution >= 4 is 27.5 Å². The number of hydrogen-bond donors (Lipinski definition) is 1. The van der Waals surface area contributed by atoms with Crippen LogP contribution in [0, 0.1) is 0 Å². The highest BCUT2D eigenvalue weighted by molar-refractivity contribution is 9.10. The Hall–Kier alpha value is -0.290. The molecule has 0 amide bonds. The minimum absolute atomic E-state index is 0.551. The summed E-state index contributed by atoms with van der Waals surface area (Å²) in [6.07, 6.45) is 2.52. The monoisotopic (exact) mass is 350 g/mol. The summed E-state index contributed by atoms with van der Waals surface area (Å²) in [6.45, 7) is 6.34. The van der Waals surface area contributed by atoms with Gasteiger partial charge >= 0.3 is 0 Å².